The topological polar surface area (TPSA) is 93.7 Å². The second-order valence-electron chi connectivity index (χ2n) is 7.21. The number of hydrogen-bond donors (Lipinski definition) is 3. The molecule has 4 rings (SSSR count). The second-order valence-corrected chi connectivity index (χ2v) is 7.62. The average Bonchev–Trinajstić information content (AvgIpc) is 3.40. The van der Waals surface area contributed by atoms with Crippen molar-refractivity contribution in [3.8, 4) is 0 Å². The van der Waals surface area contributed by atoms with E-state index < -0.39 is 11.4 Å². The van der Waals surface area contributed by atoms with Crippen molar-refractivity contribution in [2.45, 2.75) is 31.3 Å². The number of carbonyl (C=O) groups is 1. The van der Waals surface area contributed by atoms with E-state index in [1.807, 2.05) is 0 Å². The molecule has 8 nitrogen and oxygen atoms in total. The third-order valence-electron chi connectivity index (χ3n) is 5.45. The largest absolute Gasteiger partial charge is 0.394 e. The molecule has 1 fully saturated rings. The molecule has 0 radical (unpaired) electrons. The van der Waals surface area contributed by atoms with Crippen molar-refractivity contribution < 1.29 is 19.2 Å². The summed E-state index contributed by atoms with van der Waals surface area (Å²) in [5.41, 5.74) is 4.80. The lowest BCUT2D eigenvalue weighted by Crippen LogP contribution is -2.42. The molecule has 1 aliphatic carbocycles. The summed E-state index contributed by atoms with van der Waals surface area (Å²) in [6.07, 6.45) is 2.21. The first-order valence-corrected chi connectivity index (χ1v) is 9.39. The van der Waals surface area contributed by atoms with Crippen molar-refractivity contribution in [2.75, 3.05) is 25.7 Å². The van der Waals surface area contributed by atoms with Crippen molar-refractivity contribution in [3.63, 3.8) is 0 Å². The van der Waals surface area contributed by atoms with Gasteiger partial charge in [-0.2, -0.15) is 15.1 Å². The molecule has 2 aliphatic rings. The molecule has 0 saturated heterocycles. The summed E-state index contributed by atoms with van der Waals surface area (Å²) in [7, 11) is 1.70. The van der Waals surface area contributed by atoms with E-state index in [1.165, 1.54) is 18.2 Å². The van der Waals surface area contributed by atoms with Crippen LogP contribution in [0.1, 0.15) is 34.6 Å². The van der Waals surface area contributed by atoms with Gasteiger partial charge in [0.2, 0.25) is 0 Å². The van der Waals surface area contributed by atoms with Gasteiger partial charge in [-0.05, 0) is 31.0 Å². The zero-order valence-electron chi connectivity index (χ0n) is 15.3. The van der Waals surface area contributed by atoms with Crippen LogP contribution in [0.3, 0.4) is 0 Å². The van der Waals surface area contributed by atoms with Gasteiger partial charge in [0.1, 0.15) is 5.82 Å². The Morgan fingerprint density at radius 2 is 2.32 bits per heavy atom. The molecule has 0 spiro atoms. The lowest BCUT2D eigenvalue weighted by molar-refractivity contribution is -0.143. The quantitative estimate of drug-likeness (QED) is 0.633. The highest BCUT2D eigenvalue weighted by Crippen LogP contribution is 2.41. The van der Waals surface area contributed by atoms with Crippen LogP contribution in [0.25, 0.3) is 0 Å². The number of carbonyl (C=O) groups excluding carboxylic acids is 1. The van der Waals surface area contributed by atoms with Crippen LogP contribution in [0.4, 0.5) is 10.1 Å². The highest BCUT2D eigenvalue weighted by atomic mass is 35.5. The van der Waals surface area contributed by atoms with Gasteiger partial charge in [0.05, 0.1) is 29.4 Å². The number of halogens is 2. The number of aromatic amines is 1. The lowest BCUT2D eigenvalue weighted by atomic mass is 10.1. The number of hydrogen-bond acceptors (Lipinski definition) is 6. The van der Waals surface area contributed by atoms with E-state index in [9.17, 15) is 14.3 Å². The molecule has 1 aliphatic heterocycles. The minimum atomic E-state index is -0.503. The molecule has 0 bridgehead atoms. The fraction of sp³-hybridized carbons (Fsp3) is 0.444. The number of likely N-dealkylation sites (N-methyl/N-ethyl adjacent to an activating group) is 1. The highest BCUT2D eigenvalue weighted by Gasteiger charge is 2.49. The maximum absolute atomic E-state index is 13.2. The van der Waals surface area contributed by atoms with Crippen LogP contribution >= 0.6 is 11.6 Å². The Morgan fingerprint density at radius 3 is 3.00 bits per heavy atom. The fourth-order valence-corrected chi connectivity index (χ4v) is 3.50. The molecule has 28 heavy (non-hydrogen) atoms. The summed E-state index contributed by atoms with van der Waals surface area (Å²) >= 11 is 5.77. The first kappa shape index (κ1) is 19.1. The van der Waals surface area contributed by atoms with Crippen molar-refractivity contribution in [1.82, 2.24) is 20.2 Å². The van der Waals surface area contributed by atoms with E-state index in [0.717, 1.165) is 24.1 Å². The Balaban J connectivity index is 1.44. The van der Waals surface area contributed by atoms with Crippen molar-refractivity contribution in [3.05, 3.63) is 46.0 Å². The standard InChI is InChI=1S/C18H21ClFN5O3/c1-24(18(10-26)5-6-18)17(27)16-12-9-25(7-4-15(12)21-22-16)28-23-11-2-3-14(20)13(19)8-11/h2-3,8,23,26H,4-7,9-10H2,1H3,(H,21,22). The van der Waals surface area contributed by atoms with Crippen LogP contribution in [0, 0.1) is 5.82 Å². The predicted octanol–water partition coefficient (Wildman–Crippen LogP) is 2.12. The van der Waals surface area contributed by atoms with Crippen LogP contribution in [0.5, 0.6) is 0 Å². The Morgan fingerprint density at radius 1 is 1.54 bits per heavy atom. The average molecular weight is 410 g/mol. The number of aromatic nitrogens is 2. The third-order valence-corrected chi connectivity index (χ3v) is 5.74. The highest BCUT2D eigenvalue weighted by molar-refractivity contribution is 6.31. The third kappa shape index (κ3) is 3.46. The van der Waals surface area contributed by atoms with Crippen molar-refractivity contribution >= 4 is 23.2 Å². The molecule has 1 aromatic heterocycles. The van der Waals surface area contributed by atoms with Crippen LogP contribution in [-0.2, 0) is 17.9 Å². The second kappa shape index (κ2) is 7.32. The molecule has 2 aromatic rings. The summed E-state index contributed by atoms with van der Waals surface area (Å²) in [5, 5.41) is 18.4. The molecule has 0 atom stereocenters. The van der Waals surface area contributed by atoms with Crippen molar-refractivity contribution in [2.24, 2.45) is 0 Å². The minimum Gasteiger partial charge on any atom is -0.394 e. The molecule has 1 amide bonds. The number of benzene rings is 1. The van der Waals surface area contributed by atoms with Crippen LogP contribution in [0.2, 0.25) is 5.02 Å². The molecule has 1 aromatic carbocycles. The number of nitrogens with one attached hydrogen (secondary N) is 2. The maximum atomic E-state index is 13.2. The molecule has 10 heteroatoms. The van der Waals surface area contributed by atoms with Gasteiger partial charge in [0.15, 0.2) is 5.69 Å². The number of aliphatic hydroxyl groups is 1. The van der Waals surface area contributed by atoms with E-state index in [2.05, 4.69) is 15.7 Å². The van der Waals surface area contributed by atoms with Crippen LogP contribution < -0.4 is 5.48 Å². The number of anilines is 1. The smallest absolute Gasteiger partial charge is 0.274 e. The summed E-state index contributed by atoms with van der Waals surface area (Å²) in [6.45, 7) is 0.886. The fourth-order valence-electron chi connectivity index (χ4n) is 3.32. The van der Waals surface area contributed by atoms with Gasteiger partial charge >= 0.3 is 0 Å². The number of hydroxylamine groups is 2. The lowest BCUT2D eigenvalue weighted by Gasteiger charge is -2.28. The zero-order valence-corrected chi connectivity index (χ0v) is 16.1. The number of amides is 1. The molecule has 150 valence electrons. The van der Waals surface area contributed by atoms with Crippen LogP contribution in [-0.4, -0.2) is 56.9 Å². The molecule has 3 N–H and O–H groups in total. The van der Waals surface area contributed by atoms with Gasteiger partial charge in [-0.15, -0.1) is 0 Å². The van der Waals surface area contributed by atoms with E-state index in [1.54, 1.807) is 17.0 Å². The van der Waals surface area contributed by atoms with Gasteiger partial charge in [0, 0.05) is 31.3 Å². The van der Waals surface area contributed by atoms with E-state index in [-0.39, 0.29) is 17.5 Å². The summed E-state index contributed by atoms with van der Waals surface area (Å²) in [5.74, 6) is -0.721. The Labute approximate surface area is 166 Å². The molecule has 1 saturated carbocycles. The summed E-state index contributed by atoms with van der Waals surface area (Å²) < 4.78 is 13.2. The van der Waals surface area contributed by atoms with E-state index >= 15 is 0 Å². The normalized spacial score (nSPS) is 17.9. The first-order valence-electron chi connectivity index (χ1n) is 9.01. The maximum Gasteiger partial charge on any atom is 0.274 e. The van der Waals surface area contributed by atoms with Gasteiger partial charge in [-0.1, -0.05) is 11.6 Å². The van der Waals surface area contributed by atoms with Crippen molar-refractivity contribution in [1.29, 1.82) is 0 Å². The number of nitrogens with zero attached hydrogens (tertiary/aromatic N) is 3. The zero-order chi connectivity index (χ0) is 19.9. The first-order chi connectivity index (χ1) is 13.4. The molecule has 2 heterocycles. The predicted molar refractivity (Wildman–Crippen MR) is 100.0 cm³/mol. The van der Waals surface area contributed by atoms with Crippen LogP contribution in [0.15, 0.2) is 18.2 Å². The van der Waals surface area contributed by atoms with Gasteiger partial charge in [0.25, 0.3) is 5.91 Å². The Hall–Kier alpha value is -2.20. The number of rotatable bonds is 6. The molecule has 0 unspecified atom stereocenters. The van der Waals surface area contributed by atoms with Gasteiger partial charge < -0.3 is 10.0 Å². The molecular weight excluding hydrogens is 389 g/mol. The Bertz CT molecular complexity index is 901. The van der Waals surface area contributed by atoms with Gasteiger partial charge in [-0.25, -0.2) is 9.87 Å². The molecular formula is C18H21ClFN5O3. The summed E-state index contributed by atoms with van der Waals surface area (Å²) in [6, 6.07) is 4.19. The number of aliphatic hydroxyl groups excluding tert-OH is 1. The van der Waals surface area contributed by atoms with E-state index in [0.29, 0.717) is 30.9 Å². The SMILES string of the molecule is CN(C(=O)c1n[nH]c2c1CN(ONc1ccc(F)c(Cl)c1)CC2)C1(CO)CC1. The Kier molecular flexibility index (Phi) is 5.00. The number of H-pyrrole nitrogens is 1. The summed E-state index contributed by atoms with van der Waals surface area (Å²) in [4.78, 5) is 20.1. The van der Waals surface area contributed by atoms with Gasteiger partial charge in [-0.3, -0.25) is 9.89 Å². The monoisotopic (exact) mass is 409 g/mol. The minimum absolute atomic E-state index is 0.00169. The number of fused-ring (bicyclic) bond motifs is 1. The van der Waals surface area contributed by atoms with E-state index in [4.69, 9.17) is 16.5 Å².